The van der Waals surface area contributed by atoms with Gasteiger partial charge >= 0.3 is 6.18 Å². The average molecular weight is 477 g/mol. The van der Waals surface area contributed by atoms with E-state index in [1.54, 1.807) is 11.7 Å². The second-order valence-corrected chi connectivity index (χ2v) is 8.38. The molecule has 0 unspecified atom stereocenters. The van der Waals surface area contributed by atoms with Crippen molar-refractivity contribution in [1.82, 2.24) is 15.1 Å². The molecule has 0 aliphatic carbocycles. The number of amides is 1. The summed E-state index contributed by atoms with van der Waals surface area (Å²) in [6.45, 7) is -0.0303. The summed E-state index contributed by atoms with van der Waals surface area (Å²) in [7, 11) is 1.69. The normalized spacial score (nSPS) is 12.8. The van der Waals surface area contributed by atoms with Crippen molar-refractivity contribution >= 4 is 40.4 Å². The lowest BCUT2D eigenvalue weighted by Crippen LogP contribution is -2.41. The van der Waals surface area contributed by atoms with Crippen LogP contribution < -0.4 is 11.1 Å². The second-order valence-electron chi connectivity index (χ2n) is 6.52. The van der Waals surface area contributed by atoms with E-state index in [0.29, 0.717) is 20.6 Å². The molecular weight excluding hydrogens is 460 g/mol. The molecule has 3 N–H and O–H groups in total. The van der Waals surface area contributed by atoms with E-state index in [1.807, 2.05) is 0 Å². The van der Waals surface area contributed by atoms with E-state index in [1.165, 1.54) is 30.5 Å². The van der Waals surface area contributed by atoms with Crippen LogP contribution in [0.3, 0.4) is 0 Å². The van der Waals surface area contributed by atoms with Crippen LogP contribution in [0, 0.1) is 0 Å². The Balaban J connectivity index is 1.80. The molecule has 30 heavy (non-hydrogen) atoms. The van der Waals surface area contributed by atoms with Gasteiger partial charge in [-0.15, -0.1) is 11.3 Å². The molecule has 3 rings (SSSR count). The number of nitrogens with one attached hydrogen (secondary N) is 1. The van der Waals surface area contributed by atoms with Crippen LogP contribution in [-0.2, 0) is 19.6 Å². The molecule has 1 amide bonds. The fourth-order valence-corrected chi connectivity index (χ4v) is 4.74. The predicted octanol–water partition coefficient (Wildman–Crippen LogP) is 4.77. The maximum absolute atomic E-state index is 13.2. The highest BCUT2D eigenvalue weighted by molar-refractivity contribution is 7.18. The Labute approximate surface area is 184 Å². The number of thiophene rings is 1. The fourth-order valence-electron chi connectivity index (χ4n) is 3.00. The van der Waals surface area contributed by atoms with E-state index in [9.17, 15) is 18.0 Å². The number of hydrogen-bond donors (Lipinski definition) is 2. The minimum Gasteiger partial charge on any atom is -0.347 e. The molecule has 0 aliphatic rings. The molecule has 0 spiro atoms. The zero-order valence-electron chi connectivity index (χ0n) is 15.6. The number of nitrogens with zero attached hydrogens (tertiary/aromatic N) is 2. The topological polar surface area (TPSA) is 72.9 Å². The van der Waals surface area contributed by atoms with Gasteiger partial charge in [0.15, 0.2) is 0 Å². The number of alkyl halides is 3. The van der Waals surface area contributed by atoms with Crippen LogP contribution in [0.25, 0.3) is 10.6 Å². The summed E-state index contributed by atoms with van der Waals surface area (Å²) in [6.07, 6.45) is -3.08. The fraction of sp³-hybridized carbons (Fsp3) is 0.263. The summed E-state index contributed by atoms with van der Waals surface area (Å²) in [6, 6.07) is 6.02. The molecule has 0 aliphatic heterocycles. The molecule has 11 heteroatoms. The predicted molar refractivity (Wildman–Crippen MR) is 112 cm³/mol. The molecule has 0 saturated heterocycles. The Kier molecular flexibility index (Phi) is 6.76. The third-order valence-corrected chi connectivity index (χ3v) is 6.26. The summed E-state index contributed by atoms with van der Waals surface area (Å²) >= 11 is 13.5. The van der Waals surface area contributed by atoms with Gasteiger partial charge in [0.1, 0.15) is 0 Å². The van der Waals surface area contributed by atoms with E-state index in [-0.39, 0.29) is 23.4 Å². The minimum absolute atomic E-state index is 0.0303. The first-order valence-electron chi connectivity index (χ1n) is 8.75. The van der Waals surface area contributed by atoms with E-state index in [0.717, 1.165) is 17.4 Å². The number of hydrogen-bond acceptors (Lipinski definition) is 4. The lowest BCUT2D eigenvalue weighted by Gasteiger charge is -2.19. The maximum Gasteiger partial charge on any atom is 0.416 e. The van der Waals surface area contributed by atoms with Crippen LogP contribution in [0.4, 0.5) is 13.2 Å². The van der Waals surface area contributed by atoms with E-state index < -0.39 is 23.7 Å². The Hall–Kier alpha value is -2.07. The van der Waals surface area contributed by atoms with E-state index >= 15 is 0 Å². The Morgan fingerprint density at radius 1 is 1.30 bits per heavy atom. The molecule has 160 valence electrons. The highest BCUT2D eigenvalue weighted by Gasteiger charge is 2.33. The van der Waals surface area contributed by atoms with Crippen molar-refractivity contribution in [3.8, 4) is 10.6 Å². The molecule has 0 saturated carbocycles. The molecular formula is C19H17Cl2F3N4OS. The summed E-state index contributed by atoms with van der Waals surface area (Å²) in [5, 5.41) is 7.45. The van der Waals surface area contributed by atoms with Crippen molar-refractivity contribution in [2.45, 2.75) is 18.6 Å². The van der Waals surface area contributed by atoms with E-state index in [2.05, 4.69) is 10.4 Å². The smallest absolute Gasteiger partial charge is 0.347 e. The highest BCUT2D eigenvalue weighted by atomic mass is 35.5. The highest BCUT2D eigenvalue weighted by Crippen LogP contribution is 2.39. The molecule has 1 aromatic carbocycles. The first-order valence-corrected chi connectivity index (χ1v) is 10.3. The molecule has 1 atom stereocenters. The van der Waals surface area contributed by atoms with Gasteiger partial charge in [0.05, 0.1) is 37.3 Å². The van der Waals surface area contributed by atoms with Gasteiger partial charge in [0.25, 0.3) is 5.91 Å². The number of halogens is 5. The van der Waals surface area contributed by atoms with E-state index in [4.69, 9.17) is 28.9 Å². The van der Waals surface area contributed by atoms with Crippen molar-refractivity contribution in [3.05, 3.63) is 62.6 Å². The molecule has 5 nitrogen and oxygen atoms in total. The first-order chi connectivity index (χ1) is 14.1. The van der Waals surface area contributed by atoms with Gasteiger partial charge in [0.2, 0.25) is 0 Å². The monoisotopic (exact) mass is 476 g/mol. The molecule has 0 bridgehead atoms. The number of aromatic nitrogens is 2. The lowest BCUT2D eigenvalue weighted by atomic mass is 9.99. The van der Waals surface area contributed by atoms with Gasteiger partial charge in [-0.3, -0.25) is 9.48 Å². The second kappa shape index (κ2) is 8.97. The molecule has 2 aromatic heterocycles. The first kappa shape index (κ1) is 22.6. The van der Waals surface area contributed by atoms with Crippen LogP contribution in [-0.4, -0.2) is 28.3 Å². The average Bonchev–Trinajstić information content (AvgIpc) is 3.22. The molecule has 2 heterocycles. The quantitative estimate of drug-likeness (QED) is 0.537. The van der Waals surface area contributed by atoms with Gasteiger partial charge in [-0.1, -0.05) is 41.4 Å². The molecule has 0 fully saturated rings. The number of carbonyl (C=O) groups is 1. The van der Waals surface area contributed by atoms with Crippen molar-refractivity contribution < 1.29 is 18.0 Å². The van der Waals surface area contributed by atoms with Crippen molar-refractivity contribution in [2.75, 3.05) is 6.54 Å². The number of carbonyl (C=O) groups excluding carboxylic acids is 1. The van der Waals surface area contributed by atoms with Crippen LogP contribution >= 0.6 is 34.5 Å². The van der Waals surface area contributed by atoms with Crippen LogP contribution in [0.2, 0.25) is 10.0 Å². The van der Waals surface area contributed by atoms with Crippen molar-refractivity contribution in [1.29, 1.82) is 0 Å². The Morgan fingerprint density at radius 2 is 2.00 bits per heavy atom. The number of aryl methyl sites for hydroxylation is 1. The van der Waals surface area contributed by atoms with Gasteiger partial charge in [-0.05, 0) is 24.1 Å². The number of nitrogens with two attached hydrogens (primary N) is 1. The molecule has 0 radical (unpaired) electrons. The lowest BCUT2D eigenvalue weighted by molar-refractivity contribution is -0.138. The standard InChI is InChI=1S/C19H17Cl2F3N4OS/c1-28-16(14(21)9-26-28)17-13(20)7-15(30-17)18(29)27-11(8-25)6-10-4-2-3-5-12(10)19(22,23)24/h2-5,7,9,11H,6,8,25H2,1H3,(H,27,29)/t11-/m0/s1. The summed E-state index contributed by atoms with van der Waals surface area (Å²) in [5.74, 6) is -0.480. The maximum atomic E-state index is 13.2. The van der Waals surface area contributed by atoms with Crippen LogP contribution in [0.15, 0.2) is 36.5 Å². The molecule has 3 aromatic rings. The Bertz CT molecular complexity index is 1040. The summed E-state index contributed by atoms with van der Waals surface area (Å²) in [4.78, 5) is 13.6. The number of benzene rings is 1. The third-order valence-electron chi connectivity index (χ3n) is 4.43. The van der Waals surface area contributed by atoms with Crippen LogP contribution in [0.5, 0.6) is 0 Å². The van der Waals surface area contributed by atoms with Crippen molar-refractivity contribution in [3.63, 3.8) is 0 Å². The van der Waals surface area contributed by atoms with Crippen LogP contribution in [0.1, 0.15) is 20.8 Å². The zero-order chi connectivity index (χ0) is 22.1. The Morgan fingerprint density at radius 3 is 2.60 bits per heavy atom. The van der Waals surface area contributed by atoms with Crippen molar-refractivity contribution in [2.24, 2.45) is 12.8 Å². The third kappa shape index (κ3) is 4.80. The minimum atomic E-state index is -4.49. The SMILES string of the molecule is Cn1ncc(Cl)c1-c1sc(C(=O)N[C@H](CN)Cc2ccccc2C(F)(F)F)cc1Cl. The summed E-state index contributed by atoms with van der Waals surface area (Å²) in [5.41, 5.74) is 5.60. The van der Waals surface area contributed by atoms with Gasteiger partial charge in [0, 0.05) is 19.6 Å². The van der Waals surface area contributed by atoms with Gasteiger partial charge in [-0.25, -0.2) is 0 Å². The van der Waals surface area contributed by atoms with Gasteiger partial charge < -0.3 is 11.1 Å². The zero-order valence-corrected chi connectivity index (χ0v) is 18.0. The largest absolute Gasteiger partial charge is 0.416 e. The number of rotatable bonds is 6. The summed E-state index contributed by atoms with van der Waals surface area (Å²) < 4.78 is 41.2. The van der Waals surface area contributed by atoms with Gasteiger partial charge in [-0.2, -0.15) is 18.3 Å².